The second kappa shape index (κ2) is 7.01. The number of rotatable bonds is 3. The summed E-state index contributed by atoms with van der Waals surface area (Å²) in [5, 5.41) is 13.9. The fraction of sp³-hybridized carbons (Fsp3) is 0.182. The molecule has 30 heavy (non-hydrogen) atoms. The normalized spacial score (nSPS) is 17.6. The van der Waals surface area contributed by atoms with Crippen LogP contribution in [0.5, 0.6) is 0 Å². The third-order valence-corrected chi connectivity index (χ3v) is 5.71. The first-order valence-electron chi connectivity index (χ1n) is 9.41. The van der Waals surface area contributed by atoms with Crippen molar-refractivity contribution in [3.63, 3.8) is 0 Å². The third-order valence-electron chi connectivity index (χ3n) is 5.40. The first kappa shape index (κ1) is 18.4. The molecule has 3 aromatic heterocycles. The van der Waals surface area contributed by atoms with Crippen LogP contribution in [-0.4, -0.2) is 25.8 Å². The number of nitrogens with zero attached hydrogens (tertiary/aromatic N) is 5. The Bertz CT molecular complexity index is 1380. The third kappa shape index (κ3) is 3.11. The molecule has 8 heteroatoms. The van der Waals surface area contributed by atoms with Crippen molar-refractivity contribution in [1.29, 1.82) is 5.26 Å². The van der Waals surface area contributed by atoms with Gasteiger partial charge in [0.15, 0.2) is 5.65 Å². The van der Waals surface area contributed by atoms with E-state index in [1.807, 2.05) is 19.1 Å². The average molecular weight is 415 g/mol. The lowest BCUT2D eigenvalue weighted by Crippen LogP contribution is -2.15. The molecule has 3 heterocycles. The van der Waals surface area contributed by atoms with Crippen LogP contribution in [0.4, 0.5) is 5.82 Å². The number of hydrogen-bond donors (Lipinski definition) is 1. The molecule has 4 aromatic rings. The Morgan fingerprint density at radius 1 is 1.17 bits per heavy atom. The molecule has 5 rings (SSSR count). The van der Waals surface area contributed by atoms with Gasteiger partial charge >= 0.3 is 0 Å². The summed E-state index contributed by atoms with van der Waals surface area (Å²) < 4.78 is 0. The number of aromatic nitrogens is 4. The van der Waals surface area contributed by atoms with Crippen molar-refractivity contribution in [3.05, 3.63) is 53.6 Å². The van der Waals surface area contributed by atoms with E-state index >= 15 is 0 Å². The van der Waals surface area contributed by atoms with Gasteiger partial charge in [-0.1, -0.05) is 11.6 Å². The first-order chi connectivity index (χ1) is 14.5. The molecule has 2 atom stereocenters. The fourth-order valence-electron chi connectivity index (χ4n) is 3.61. The first-order valence-corrected chi connectivity index (χ1v) is 9.79. The lowest BCUT2D eigenvalue weighted by atomic mass is 9.99. The zero-order valence-corrected chi connectivity index (χ0v) is 16.7. The van der Waals surface area contributed by atoms with Gasteiger partial charge in [-0.15, -0.1) is 0 Å². The number of hydrogen-bond acceptors (Lipinski definition) is 6. The van der Waals surface area contributed by atoms with Gasteiger partial charge in [0, 0.05) is 35.7 Å². The van der Waals surface area contributed by atoms with Crippen molar-refractivity contribution in [2.45, 2.75) is 13.3 Å². The molecule has 7 nitrogen and oxygen atoms in total. The van der Waals surface area contributed by atoms with Crippen LogP contribution in [0.25, 0.3) is 33.1 Å². The molecule has 1 aromatic carbocycles. The van der Waals surface area contributed by atoms with Crippen LogP contribution in [0.15, 0.2) is 43.0 Å². The lowest BCUT2D eigenvalue weighted by Gasteiger charge is -2.11. The number of benzene rings is 1. The van der Waals surface area contributed by atoms with Crippen molar-refractivity contribution in [2.24, 2.45) is 11.8 Å². The minimum Gasteiger partial charge on any atom is -0.310 e. The van der Waals surface area contributed by atoms with Gasteiger partial charge in [0.1, 0.15) is 11.3 Å². The zero-order valence-electron chi connectivity index (χ0n) is 15.9. The van der Waals surface area contributed by atoms with Gasteiger partial charge in [-0.05, 0) is 48.1 Å². The highest BCUT2D eigenvalue weighted by Crippen LogP contribution is 2.39. The van der Waals surface area contributed by atoms with Crippen molar-refractivity contribution in [3.8, 4) is 17.2 Å². The molecule has 1 fully saturated rings. The molecule has 1 amide bonds. The van der Waals surface area contributed by atoms with E-state index < -0.39 is 0 Å². The van der Waals surface area contributed by atoms with Crippen LogP contribution in [0.1, 0.15) is 12.0 Å². The Balaban J connectivity index is 1.55. The number of halogens is 1. The molecule has 0 radical (unpaired) electrons. The standard InChI is InChI=1S/C22H15ClN6O/c1-11-16(9-28-21-20(11)25-2-3-26-21)12-4-13-7-19(27-10-17(13)18(23)6-12)29-22(30)15-5-14(15)8-24/h2-4,6-7,9-10,14-15H,5H2,1H3,(H,27,29,30)/t14-,15+/m0/s1. The predicted molar refractivity (Wildman–Crippen MR) is 114 cm³/mol. The van der Waals surface area contributed by atoms with Gasteiger partial charge < -0.3 is 5.32 Å². The van der Waals surface area contributed by atoms with E-state index in [1.54, 1.807) is 30.9 Å². The number of pyridine rings is 2. The van der Waals surface area contributed by atoms with Crippen LogP contribution in [0, 0.1) is 30.1 Å². The van der Waals surface area contributed by atoms with Crippen molar-refractivity contribution < 1.29 is 4.79 Å². The molecular formula is C22H15ClN6O. The quantitative estimate of drug-likeness (QED) is 0.535. The Kier molecular flexibility index (Phi) is 4.30. The number of carbonyl (C=O) groups is 1. The number of carbonyl (C=O) groups excluding carboxylic acids is 1. The average Bonchev–Trinajstić information content (AvgIpc) is 3.54. The number of nitriles is 1. The Morgan fingerprint density at radius 2 is 2.00 bits per heavy atom. The summed E-state index contributed by atoms with van der Waals surface area (Å²) in [6, 6.07) is 7.77. The highest BCUT2D eigenvalue weighted by molar-refractivity contribution is 6.36. The lowest BCUT2D eigenvalue weighted by molar-refractivity contribution is -0.117. The highest BCUT2D eigenvalue weighted by atomic mass is 35.5. The van der Waals surface area contributed by atoms with Gasteiger partial charge in [-0.2, -0.15) is 5.26 Å². The van der Waals surface area contributed by atoms with Gasteiger partial charge in [-0.3, -0.25) is 9.78 Å². The van der Waals surface area contributed by atoms with Crippen LogP contribution in [0.2, 0.25) is 5.02 Å². The second-order valence-electron chi connectivity index (χ2n) is 7.34. The number of nitrogens with one attached hydrogen (secondary N) is 1. The van der Waals surface area contributed by atoms with E-state index in [0.717, 1.165) is 33.0 Å². The zero-order chi connectivity index (χ0) is 20.8. The topological polar surface area (TPSA) is 104 Å². The van der Waals surface area contributed by atoms with E-state index in [-0.39, 0.29) is 17.7 Å². The van der Waals surface area contributed by atoms with Gasteiger partial charge in [0.05, 0.1) is 22.9 Å². The van der Waals surface area contributed by atoms with Crippen molar-refractivity contribution in [1.82, 2.24) is 19.9 Å². The minimum atomic E-state index is -0.255. The van der Waals surface area contributed by atoms with E-state index in [4.69, 9.17) is 16.9 Å². The Morgan fingerprint density at radius 3 is 2.80 bits per heavy atom. The van der Waals surface area contributed by atoms with Crippen LogP contribution in [-0.2, 0) is 4.79 Å². The smallest absolute Gasteiger partial charge is 0.230 e. The van der Waals surface area contributed by atoms with Gasteiger partial charge in [0.2, 0.25) is 5.91 Å². The largest absolute Gasteiger partial charge is 0.310 e. The number of amides is 1. The Labute approximate surface area is 176 Å². The van der Waals surface area contributed by atoms with Crippen LogP contribution in [0.3, 0.4) is 0 Å². The van der Waals surface area contributed by atoms with Gasteiger partial charge in [-0.25, -0.2) is 15.0 Å². The molecule has 1 saturated carbocycles. The summed E-state index contributed by atoms with van der Waals surface area (Å²) in [6.07, 6.45) is 7.27. The second-order valence-corrected chi connectivity index (χ2v) is 7.75. The highest BCUT2D eigenvalue weighted by Gasteiger charge is 2.43. The summed E-state index contributed by atoms with van der Waals surface area (Å²) in [4.78, 5) is 29.6. The molecule has 0 saturated heterocycles. The molecule has 0 unspecified atom stereocenters. The molecule has 0 aliphatic heterocycles. The van der Waals surface area contributed by atoms with E-state index in [9.17, 15) is 4.79 Å². The SMILES string of the molecule is Cc1c(-c2cc(Cl)c3cnc(NC(=O)[C@@H]4C[C@H]4C#N)cc3c2)cnc2nccnc12. The summed E-state index contributed by atoms with van der Waals surface area (Å²) in [7, 11) is 0. The molecule has 0 bridgehead atoms. The maximum Gasteiger partial charge on any atom is 0.230 e. The molecular weight excluding hydrogens is 400 g/mol. The molecule has 1 aliphatic carbocycles. The minimum absolute atomic E-state index is 0.177. The van der Waals surface area contributed by atoms with Crippen molar-refractivity contribution in [2.75, 3.05) is 5.32 Å². The monoisotopic (exact) mass is 414 g/mol. The summed E-state index contributed by atoms with van der Waals surface area (Å²) >= 11 is 6.53. The molecule has 146 valence electrons. The molecule has 0 spiro atoms. The fourth-order valence-corrected chi connectivity index (χ4v) is 3.89. The maximum atomic E-state index is 12.3. The maximum absolute atomic E-state index is 12.3. The van der Waals surface area contributed by atoms with E-state index in [2.05, 4.69) is 31.3 Å². The number of aryl methyl sites for hydroxylation is 1. The Hall–Kier alpha value is -3.63. The predicted octanol–water partition coefficient (Wildman–Crippen LogP) is 4.30. The van der Waals surface area contributed by atoms with E-state index in [0.29, 0.717) is 22.9 Å². The summed E-state index contributed by atoms with van der Waals surface area (Å²) in [5.41, 5.74) is 4.09. The van der Waals surface area contributed by atoms with Crippen LogP contribution < -0.4 is 5.32 Å². The van der Waals surface area contributed by atoms with E-state index in [1.165, 1.54) is 0 Å². The number of anilines is 1. The summed E-state index contributed by atoms with van der Waals surface area (Å²) in [6.45, 7) is 1.98. The van der Waals surface area contributed by atoms with Crippen molar-refractivity contribution >= 4 is 45.3 Å². The van der Waals surface area contributed by atoms with Crippen LogP contribution >= 0.6 is 11.6 Å². The summed E-state index contributed by atoms with van der Waals surface area (Å²) in [5.74, 6) is -0.194. The van der Waals surface area contributed by atoms with Gasteiger partial charge in [0.25, 0.3) is 0 Å². The molecule has 1 N–H and O–H groups in total. The number of fused-ring (bicyclic) bond motifs is 2. The molecule has 1 aliphatic rings.